The van der Waals surface area contributed by atoms with E-state index in [1.54, 1.807) is 25.1 Å². The van der Waals surface area contributed by atoms with Gasteiger partial charge in [-0.15, -0.1) is 10.2 Å². The van der Waals surface area contributed by atoms with Gasteiger partial charge in [-0.2, -0.15) is 4.80 Å². The van der Waals surface area contributed by atoms with Gasteiger partial charge in [0, 0.05) is 23.9 Å². The summed E-state index contributed by atoms with van der Waals surface area (Å²) in [4.78, 5) is 29.2. The number of carbonyl (C=O) groups is 2. The molecule has 10 nitrogen and oxygen atoms in total. The van der Waals surface area contributed by atoms with Crippen LogP contribution in [0.1, 0.15) is 32.8 Å². The second kappa shape index (κ2) is 12.1. The average molecular weight is 495 g/mol. The minimum absolute atomic E-state index is 0.198. The van der Waals surface area contributed by atoms with Crippen LogP contribution in [0.4, 0.5) is 5.69 Å². The predicted octanol–water partition coefficient (Wildman–Crippen LogP) is 3.25. The molecule has 3 rings (SSSR count). The first-order valence-electron chi connectivity index (χ1n) is 11.9. The molecule has 0 saturated carbocycles. The highest BCUT2D eigenvalue weighted by Crippen LogP contribution is 2.32. The first-order valence-corrected chi connectivity index (χ1v) is 11.9. The van der Waals surface area contributed by atoms with E-state index in [4.69, 9.17) is 9.47 Å². The van der Waals surface area contributed by atoms with Gasteiger partial charge in [0.05, 0.1) is 14.2 Å². The molecule has 0 aliphatic rings. The number of aryl methyl sites for hydroxylation is 1. The Hall–Kier alpha value is -3.95. The van der Waals surface area contributed by atoms with Crippen molar-refractivity contribution in [2.75, 3.05) is 25.7 Å². The lowest BCUT2D eigenvalue weighted by atomic mass is 10.1. The molecule has 0 saturated heterocycles. The van der Waals surface area contributed by atoms with Crippen LogP contribution in [0.3, 0.4) is 0 Å². The Morgan fingerprint density at radius 3 is 2.36 bits per heavy atom. The molecule has 0 spiro atoms. The number of carbonyl (C=O) groups excluding carboxylic acids is 2. The number of ether oxygens (including phenoxy) is 2. The molecule has 1 N–H and O–H groups in total. The summed E-state index contributed by atoms with van der Waals surface area (Å²) in [7, 11) is 3.05. The van der Waals surface area contributed by atoms with Crippen LogP contribution in [0.2, 0.25) is 0 Å². The molecule has 10 heteroatoms. The molecule has 3 aromatic rings. The van der Waals surface area contributed by atoms with Gasteiger partial charge in [0.25, 0.3) is 5.91 Å². The molecule has 0 aliphatic heterocycles. The second-order valence-corrected chi connectivity index (χ2v) is 8.96. The molecule has 192 valence electrons. The molecule has 2 aromatic carbocycles. The number of nitrogens with zero attached hydrogens (tertiary/aromatic N) is 5. The molecular weight excluding hydrogens is 460 g/mol. The van der Waals surface area contributed by atoms with E-state index in [0.717, 1.165) is 17.5 Å². The molecule has 1 heterocycles. The van der Waals surface area contributed by atoms with Crippen molar-refractivity contribution in [2.45, 2.75) is 46.7 Å². The van der Waals surface area contributed by atoms with E-state index >= 15 is 0 Å². The van der Waals surface area contributed by atoms with Crippen LogP contribution in [0.15, 0.2) is 42.5 Å². The fourth-order valence-electron chi connectivity index (χ4n) is 3.63. The fourth-order valence-corrected chi connectivity index (χ4v) is 3.63. The third-order valence-corrected chi connectivity index (χ3v) is 5.74. The number of nitrogens with one attached hydrogen (secondary N) is 1. The maximum atomic E-state index is 13.5. The standard InChI is InChI=1S/C26H34N6O4/c1-17(2)13-14-27-26(34)19(4)32(21-11-12-22(35-5)23(15-21)36-6)24(33)16-31-29-25(28-30-31)20-9-7-18(3)8-10-20/h7-12,15,17,19H,13-14,16H2,1-6H3,(H,27,34). The van der Waals surface area contributed by atoms with E-state index in [9.17, 15) is 9.59 Å². The Morgan fingerprint density at radius 2 is 1.72 bits per heavy atom. The number of hydrogen-bond acceptors (Lipinski definition) is 7. The van der Waals surface area contributed by atoms with Crippen LogP contribution in [0, 0.1) is 12.8 Å². The van der Waals surface area contributed by atoms with Crippen molar-refractivity contribution in [3.8, 4) is 22.9 Å². The largest absolute Gasteiger partial charge is 0.493 e. The molecule has 1 unspecified atom stereocenters. The van der Waals surface area contributed by atoms with Crippen LogP contribution in [0.5, 0.6) is 11.5 Å². The van der Waals surface area contributed by atoms with Crippen LogP contribution in [-0.2, 0) is 16.1 Å². The summed E-state index contributed by atoms with van der Waals surface area (Å²) in [5.41, 5.74) is 2.41. The molecule has 0 bridgehead atoms. The lowest BCUT2D eigenvalue weighted by molar-refractivity contribution is -0.126. The average Bonchev–Trinajstić information content (AvgIpc) is 3.32. The Morgan fingerprint density at radius 1 is 1.03 bits per heavy atom. The highest BCUT2D eigenvalue weighted by atomic mass is 16.5. The topological polar surface area (TPSA) is 111 Å². The summed E-state index contributed by atoms with van der Waals surface area (Å²) >= 11 is 0. The van der Waals surface area contributed by atoms with Crippen LogP contribution in [-0.4, -0.2) is 58.8 Å². The van der Waals surface area contributed by atoms with Crippen LogP contribution in [0.25, 0.3) is 11.4 Å². The highest BCUT2D eigenvalue weighted by Gasteiger charge is 2.29. The minimum Gasteiger partial charge on any atom is -0.493 e. The summed E-state index contributed by atoms with van der Waals surface area (Å²) in [6.07, 6.45) is 0.841. The molecule has 1 atom stereocenters. The highest BCUT2D eigenvalue weighted by molar-refractivity contribution is 6.00. The zero-order chi connectivity index (χ0) is 26.2. The zero-order valence-electron chi connectivity index (χ0n) is 21.7. The van der Waals surface area contributed by atoms with Gasteiger partial charge in [-0.05, 0) is 43.5 Å². The summed E-state index contributed by atoms with van der Waals surface area (Å²) in [5, 5.41) is 15.4. The predicted molar refractivity (Wildman–Crippen MR) is 137 cm³/mol. The van der Waals surface area contributed by atoms with Crippen molar-refractivity contribution in [3.05, 3.63) is 48.0 Å². The summed E-state index contributed by atoms with van der Waals surface area (Å²) in [5.74, 6) is 1.20. The molecule has 2 amide bonds. The van der Waals surface area contributed by atoms with Gasteiger partial charge in [0.2, 0.25) is 11.7 Å². The van der Waals surface area contributed by atoms with Crippen molar-refractivity contribution in [1.82, 2.24) is 25.5 Å². The second-order valence-electron chi connectivity index (χ2n) is 8.96. The molecule has 0 radical (unpaired) electrons. The van der Waals surface area contributed by atoms with Gasteiger partial charge in [0.1, 0.15) is 12.6 Å². The van der Waals surface area contributed by atoms with Crippen molar-refractivity contribution < 1.29 is 19.1 Å². The fraction of sp³-hybridized carbons (Fsp3) is 0.423. The van der Waals surface area contributed by atoms with E-state index in [-0.39, 0.29) is 18.4 Å². The maximum absolute atomic E-state index is 13.5. The number of rotatable bonds is 11. The smallest absolute Gasteiger partial charge is 0.251 e. The number of methoxy groups -OCH3 is 2. The summed E-state index contributed by atoms with van der Waals surface area (Å²) in [6, 6.07) is 12.0. The van der Waals surface area contributed by atoms with E-state index in [0.29, 0.717) is 35.5 Å². The number of aromatic nitrogens is 4. The van der Waals surface area contributed by atoms with Crippen LogP contribution < -0.4 is 19.7 Å². The Labute approximate surface area is 211 Å². The lowest BCUT2D eigenvalue weighted by Gasteiger charge is -2.29. The third kappa shape index (κ3) is 6.59. The number of hydrogen-bond donors (Lipinski definition) is 1. The minimum atomic E-state index is -0.789. The van der Waals surface area contributed by atoms with Crippen molar-refractivity contribution in [2.24, 2.45) is 5.92 Å². The van der Waals surface area contributed by atoms with E-state index in [1.165, 1.54) is 23.9 Å². The normalized spacial score (nSPS) is 11.8. The Kier molecular flexibility index (Phi) is 8.99. The number of anilines is 1. The number of benzene rings is 2. The van der Waals surface area contributed by atoms with E-state index < -0.39 is 6.04 Å². The number of tetrazole rings is 1. The monoisotopic (exact) mass is 494 g/mol. The third-order valence-electron chi connectivity index (χ3n) is 5.74. The zero-order valence-corrected chi connectivity index (χ0v) is 21.7. The molecule has 0 fully saturated rings. The first-order chi connectivity index (χ1) is 17.2. The molecule has 0 aliphatic carbocycles. The quantitative estimate of drug-likeness (QED) is 0.435. The molecular formula is C26H34N6O4. The summed E-state index contributed by atoms with van der Waals surface area (Å²) in [6.45, 7) is 8.19. The van der Waals surface area contributed by atoms with Gasteiger partial charge < -0.3 is 14.8 Å². The van der Waals surface area contributed by atoms with Gasteiger partial charge >= 0.3 is 0 Å². The molecule has 36 heavy (non-hydrogen) atoms. The number of amides is 2. The van der Waals surface area contributed by atoms with Gasteiger partial charge in [0.15, 0.2) is 11.5 Å². The van der Waals surface area contributed by atoms with Crippen LogP contribution >= 0.6 is 0 Å². The van der Waals surface area contributed by atoms with Gasteiger partial charge in [-0.1, -0.05) is 43.7 Å². The van der Waals surface area contributed by atoms with Gasteiger partial charge in [-0.3, -0.25) is 14.5 Å². The van der Waals surface area contributed by atoms with Crippen molar-refractivity contribution in [3.63, 3.8) is 0 Å². The van der Waals surface area contributed by atoms with Gasteiger partial charge in [-0.25, -0.2) is 0 Å². The van der Waals surface area contributed by atoms with Crippen molar-refractivity contribution >= 4 is 17.5 Å². The van der Waals surface area contributed by atoms with E-state index in [2.05, 4.69) is 34.6 Å². The molecule has 1 aromatic heterocycles. The van der Waals surface area contributed by atoms with Crippen molar-refractivity contribution in [1.29, 1.82) is 0 Å². The SMILES string of the molecule is COc1ccc(N(C(=O)Cn2nnc(-c3ccc(C)cc3)n2)C(C)C(=O)NCCC(C)C)cc1OC. The Balaban J connectivity index is 1.86. The first kappa shape index (κ1) is 26.7. The van der Waals surface area contributed by atoms with E-state index in [1.807, 2.05) is 31.2 Å². The lowest BCUT2D eigenvalue weighted by Crippen LogP contribution is -2.49. The maximum Gasteiger partial charge on any atom is 0.251 e. The Bertz CT molecular complexity index is 1180. The summed E-state index contributed by atoms with van der Waals surface area (Å²) < 4.78 is 10.7.